The average molecular weight is 529 g/mol. The standard InChI is InChI=1S/C26H22Cl2N2O4S/c1-33-20-10-7-18(8-11-20)23-14-22(17-5-3-2-4-6-17)29-30(23)25(31)15-34-26(32)16-35-24-13-19(27)9-12-21(24)28/h2-13,23H,14-16H2,1H3. The lowest BCUT2D eigenvalue weighted by molar-refractivity contribution is -0.150. The number of ether oxygens (including phenoxy) is 2. The van der Waals surface area contributed by atoms with Crippen molar-refractivity contribution in [1.29, 1.82) is 0 Å². The van der Waals surface area contributed by atoms with Gasteiger partial charge in [-0.1, -0.05) is 65.7 Å². The van der Waals surface area contributed by atoms with Gasteiger partial charge in [-0.3, -0.25) is 9.59 Å². The zero-order chi connectivity index (χ0) is 24.8. The third-order valence-corrected chi connectivity index (χ3v) is 7.07. The molecule has 0 radical (unpaired) electrons. The smallest absolute Gasteiger partial charge is 0.316 e. The molecule has 1 aliphatic rings. The van der Waals surface area contributed by atoms with Crippen LogP contribution in [0.2, 0.25) is 10.0 Å². The van der Waals surface area contributed by atoms with Crippen LogP contribution in [-0.2, 0) is 14.3 Å². The summed E-state index contributed by atoms with van der Waals surface area (Å²) in [6.07, 6.45) is 0.541. The van der Waals surface area contributed by atoms with Gasteiger partial charge >= 0.3 is 5.97 Å². The minimum atomic E-state index is -0.535. The summed E-state index contributed by atoms with van der Waals surface area (Å²) in [6.45, 7) is -0.416. The third-order valence-electron chi connectivity index (χ3n) is 5.37. The monoisotopic (exact) mass is 528 g/mol. The summed E-state index contributed by atoms with van der Waals surface area (Å²) < 4.78 is 10.5. The normalized spacial score (nSPS) is 15.0. The van der Waals surface area contributed by atoms with Gasteiger partial charge in [-0.05, 0) is 41.5 Å². The summed E-state index contributed by atoms with van der Waals surface area (Å²) in [5, 5.41) is 7.00. The van der Waals surface area contributed by atoms with Crippen molar-refractivity contribution < 1.29 is 19.1 Å². The van der Waals surface area contributed by atoms with Crippen LogP contribution in [0.5, 0.6) is 5.75 Å². The maximum Gasteiger partial charge on any atom is 0.316 e. The second-order valence-corrected chi connectivity index (χ2v) is 9.53. The van der Waals surface area contributed by atoms with Crippen molar-refractivity contribution in [2.75, 3.05) is 19.5 Å². The van der Waals surface area contributed by atoms with E-state index >= 15 is 0 Å². The Morgan fingerprint density at radius 3 is 2.51 bits per heavy atom. The van der Waals surface area contributed by atoms with Crippen LogP contribution in [0.25, 0.3) is 0 Å². The van der Waals surface area contributed by atoms with Crippen molar-refractivity contribution >= 4 is 52.6 Å². The van der Waals surface area contributed by atoms with Gasteiger partial charge in [-0.25, -0.2) is 5.01 Å². The summed E-state index contributed by atoms with van der Waals surface area (Å²) in [7, 11) is 1.60. The van der Waals surface area contributed by atoms with Crippen molar-refractivity contribution in [3.8, 4) is 5.75 Å². The van der Waals surface area contributed by atoms with Gasteiger partial charge in [0.15, 0.2) is 6.61 Å². The zero-order valence-corrected chi connectivity index (χ0v) is 21.1. The van der Waals surface area contributed by atoms with E-state index in [1.807, 2.05) is 54.6 Å². The second-order valence-electron chi connectivity index (χ2n) is 7.67. The van der Waals surface area contributed by atoms with E-state index in [2.05, 4.69) is 5.10 Å². The fourth-order valence-corrected chi connectivity index (χ4v) is 4.90. The van der Waals surface area contributed by atoms with Gasteiger partial charge < -0.3 is 9.47 Å². The first kappa shape index (κ1) is 25.1. The quantitative estimate of drug-likeness (QED) is 0.264. The predicted molar refractivity (Wildman–Crippen MR) is 138 cm³/mol. The molecular formula is C26H22Cl2N2O4S. The van der Waals surface area contributed by atoms with Crippen molar-refractivity contribution in [3.63, 3.8) is 0 Å². The summed E-state index contributed by atoms with van der Waals surface area (Å²) in [5.74, 6) is -0.226. The second kappa shape index (κ2) is 11.6. The number of hydrazone groups is 1. The Bertz CT molecular complexity index is 1240. The molecule has 1 heterocycles. The number of methoxy groups -OCH3 is 1. The number of thioether (sulfide) groups is 1. The number of carbonyl (C=O) groups is 2. The molecule has 180 valence electrons. The summed E-state index contributed by atoms with van der Waals surface area (Å²) in [4.78, 5) is 26.0. The molecular weight excluding hydrogens is 507 g/mol. The maximum absolute atomic E-state index is 13.1. The van der Waals surface area contributed by atoms with Crippen molar-refractivity contribution in [2.24, 2.45) is 5.10 Å². The van der Waals surface area contributed by atoms with E-state index in [4.69, 9.17) is 32.7 Å². The van der Waals surface area contributed by atoms with Crippen LogP contribution >= 0.6 is 35.0 Å². The van der Waals surface area contributed by atoms with Gasteiger partial charge in [-0.2, -0.15) is 5.10 Å². The van der Waals surface area contributed by atoms with E-state index < -0.39 is 18.5 Å². The largest absolute Gasteiger partial charge is 0.497 e. The highest BCUT2D eigenvalue weighted by Crippen LogP contribution is 2.34. The van der Waals surface area contributed by atoms with Crippen LogP contribution in [0.1, 0.15) is 23.6 Å². The number of hydrogen-bond donors (Lipinski definition) is 0. The fraction of sp³-hybridized carbons (Fsp3) is 0.192. The SMILES string of the molecule is COc1ccc(C2CC(c3ccccc3)=NN2C(=O)COC(=O)CSc2cc(Cl)ccc2Cl)cc1. The molecule has 3 aromatic carbocycles. The minimum Gasteiger partial charge on any atom is -0.497 e. The highest BCUT2D eigenvalue weighted by Gasteiger charge is 2.33. The van der Waals surface area contributed by atoms with Crippen LogP contribution in [-0.4, -0.2) is 42.1 Å². The van der Waals surface area contributed by atoms with E-state index in [1.165, 1.54) is 16.8 Å². The zero-order valence-electron chi connectivity index (χ0n) is 18.8. The number of esters is 1. The summed E-state index contributed by atoms with van der Waals surface area (Å²) in [6, 6.07) is 21.9. The van der Waals surface area contributed by atoms with Crippen molar-refractivity contribution in [1.82, 2.24) is 5.01 Å². The van der Waals surface area contributed by atoms with E-state index in [-0.39, 0.29) is 11.8 Å². The Hall–Kier alpha value is -3.00. The number of carbonyl (C=O) groups excluding carboxylic acids is 2. The van der Waals surface area contributed by atoms with Crippen LogP contribution in [0, 0.1) is 0 Å². The number of nitrogens with zero attached hydrogens (tertiary/aromatic N) is 2. The molecule has 0 bridgehead atoms. The lowest BCUT2D eigenvalue weighted by Gasteiger charge is -2.22. The molecule has 1 unspecified atom stereocenters. The molecule has 0 aromatic heterocycles. The molecule has 0 N–H and O–H groups in total. The molecule has 6 nitrogen and oxygen atoms in total. The molecule has 3 aromatic rings. The first-order valence-corrected chi connectivity index (χ1v) is 12.5. The molecule has 4 rings (SSSR count). The molecule has 0 fully saturated rings. The topological polar surface area (TPSA) is 68.2 Å². The molecule has 0 aliphatic carbocycles. The third kappa shape index (κ3) is 6.36. The number of amides is 1. The highest BCUT2D eigenvalue weighted by atomic mass is 35.5. The molecule has 1 aliphatic heterocycles. The molecule has 35 heavy (non-hydrogen) atoms. The number of rotatable bonds is 8. The van der Waals surface area contributed by atoms with Crippen LogP contribution in [0.3, 0.4) is 0 Å². The van der Waals surface area contributed by atoms with E-state index in [0.717, 1.165) is 22.6 Å². The molecule has 0 saturated heterocycles. The number of halogens is 2. The Kier molecular flexibility index (Phi) is 8.33. The maximum atomic E-state index is 13.1. The Balaban J connectivity index is 1.43. The van der Waals surface area contributed by atoms with E-state index in [0.29, 0.717) is 21.4 Å². The van der Waals surface area contributed by atoms with Crippen molar-refractivity contribution in [2.45, 2.75) is 17.4 Å². The van der Waals surface area contributed by atoms with Gasteiger partial charge in [0.25, 0.3) is 5.91 Å². The summed E-state index contributed by atoms with van der Waals surface area (Å²) in [5.41, 5.74) is 2.64. The van der Waals surface area contributed by atoms with Crippen LogP contribution in [0.15, 0.2) is 82.8 Å². The fourth-order valence-electron chi connectivity index (χ4n) is 3.61. The van der Waals surface area contributed by atoms with Crippen molar-refractivity contribution in [3.05, 3.63) is 94.0 Å². The van der Waals surface area contributed by atoms with Crippen LogP contribution in [0.4, 0.5) is 0 Å². The Morgan fingerprint density at radius 1 is 1.06 bits per heavy atom. The molecule has 0 saturated carbocycles. The molecule has 1 amide bonds. The average Bonchev–Trinajstić information content (AvgIpc) is 3.34. The molecule has 9 heteroatoms. The summed E-state index contributed by atoms with van der Waals surface area (Å²) >= 11 is 13.3. The van der Waals surface area contributed by atoms with Gasteiger partial charge in [0.05, 0.1) is 29.6 Å². The first-order valence-electron chi connectivity index (χ1n) is 10.8. The van der Waals surface area contributed by atoms with Crippen LogP contribution < -0.4 is 4.74 Å². The number of hydrogen-bond acceptors (Lipinski definition) is 6. The number of benzene rings is 3. The first-order chi connectivity index (χ1) is 16.9. The molecule has 1 atom stereocenters. The minimum absolute atomic E-state index is 0.00617. The lowest BCUT2D eigenvalue weighted by atomic mass is 9.98. The molecule has 0 spiro atoms. The van der Waals surface area contributed by atoms with E-state index in [1.54, 1.807) is 25.3 Å². The van der Waals surface area contributed by atoms with E-state index in [9.17, 15) is 9.59 Å². The lowest BCUT2D eigenvalue weighted by Crippen LogP contribution is -2.31. The van der Waals surface area contributed by atoms with Gasteiger partial charge in [0, 0.05) is 16.3 Å². The Morgan fingerprint density at radius 2 is 1.80 bits per heavy atom. The van der Waals surface area contributed by atoms with Gasteiger partial charge in [-0.15, -0.1) is 11.8 Å². The predicted octanol–water partition coefficient (Wildman–Crippen LogP) is 6.02. The van der Waals surface area contributed by atoms with Gasteiger partial charge in [0.1, 0.15) is 5.75 Å². The highest BCUT2D eigenvalue weighted by molar-refractivity contribution is 8.00. The van der Waals surface area contributed by atoms with Gasteiger partial charge in [0.2, 0.25) is 0 Å². The Labute approximate surface area is 217 Å².